The number of sulfone groups is 1. The van der Waals surface area contributed by atoms with Crippen molar-refractivity contribution >= 4 is 39.1 Å². The Labute approximate surface area is 126 Å². The average Bonchev–Trinajstić information content (AvgIpc) is 2.87. The Morgan fingerprint density at radius 2 is 2.24 bits per heavy atom. The minimum Gasteiger partial charge on any atom is -0.429 e. The molecule has 1 amide bonds. The van der Waals surface area contributed by atoms with Crippen LogP contribution >= 0.6 is 12.2 Å². The van der Waals surface area contributed by atoms with Crippen LogP contribution in [0, 0.1) is 4.84 Å². The Kier molecular flexibility index (Phi) is 3.18. The number of carbonyl (C=O) groups excluding carboxylic acids is 1. The summed E-state index contributed by atoms with van der Waals surface area (Å²) in [5, 5.41) is 2.80. The highest BCUT2D eigenvalue weighted by Gasteiger charge is 2.39. The minimum atomic E-state index is -3.07. The van der Waals surface area contributed by atoms with Crippen LogP contribution in [0.1, 0.15) is 23.7 Å². The fourth-order valence-electron chi connectivity index (χ4n) is 2.54. The van der Waals surface area contributed by atoms with Crippen molar-refractivity contribution in [1.82, 2.24) is 10.3 Å². The van der Waals surface area contributed by atoms with E-state index in [-0.39, 0.29) is 22.3 Å². The number of hydrogen-bond acceptors (Lipinski definition) is 5. The smallest absolute Gasteiger partial charge is 0.266 e. The van der Waals surface area contributed by atoms with Gasteiger partial charge < -0.3 is 14.7 Å². The summed E-state index contributed by atoms with van der Waals surface area (Å²) in [5.74, 6) is -0.243. The molecule has 6 nitrogen and oxygen atoms in total. The maximum atomic E-state index is 12.3. The number of carbonyl (C=O) groups is 1. The van der Waals surface area contributed by atoms with Gasteiger partial charge in [0.25, 0.3) is 10.7 Å². The molecule has 1 aromatic heterocycles. The van der Waals surface area contributed by atoms with Crippen LogP contribution in [0.25, 0.3) is 11.1 Å². The van der Waals surface area contributed by atoms with Crippen molar-refractivity contribution in [2.45, 2.75) is 18.9 Å². The van der Waals surface area contributed by atoms with E-state index < -0.39 is 15.4 Å². The third-order valence-corrected chi connectivity index (χ3v) is 5.69. The lowest BCUT2D eigenvalue weighted by Gasteiger charge is -2.23. The molecule has 0 bridgehead atoms. The molecular weight excluding hydrogens is 312 g/mol. The van der Waals surface area contributed by atoms with Crippen LogP contribution in [0.4, 0.5) is 0 Å². The van der Waals surface area contributed by atoms with Gasteiger partial charge in [0.1, 0.15) is 0 Å². The summed E-state index contributed by atoms with van der Waals surface area (Å²) in [4.78, 5) is 15.4. The molecular formula is C13H14N2O4S2. The topological polar surface area (TPSA) is 92.2 Å². The van der Waals surface area contributed by atoms with E-state index >= 15 is 0 Å². The first kappa shape index (κ1) is 14.3. The number of fused-ring (bicyclic) bond motifs is 1. The van der Waals surface area contributed by atoms with Crippen molar-refractivity contribution in [2.75, 3.05) is 11.5 Å². The normalized spacial score (nSPS) is 24.2. The quantitative estimate of drug-likeness (QED) is 0.821. The predicted octanol–water partition coefficient (Wildman–Crippen LogP) is 1.80. The number of amides is 1. The van der Waals surface area contributed by atoms with Crippen LogP contribution in [0.2, 0.25) is 0 Å². The van der Waals surface area contributed by atoms with Gasteiger partial charge in [-0.15, -0.1) is 0 Å². The molecule has 0 saturated carbocycles. The van der Waals surface area contributed by atoms with Gasteiger partial charge in [0.2, 0.25) is 0 Å². The van der Waals surface area contributed by atoms with Gasteiger partial charge in [-0.25, -0.2) is 8.42 Å². The zero-order chi connectivity index (χ0) is 15.3. The molecule has 0 spiro atoms. The molecule has 21 heavy (non-hydrogen) atoms. The molecule has 1 saturated heterocycles. The van der Waals surface area contributed by atoms with Gasteiger partial charge in [0.05, 0.1) is 22.6 Å². The minimum absolute atomic E-state index is 0.0289. The maximum absolute atomic E-state index is 12.3. The molecule has 1 aliphatic rings. The second-order valence-electron chi connectivity index (χ2n) is 5.58. The number of hydrogen-bond donors (Lipinski definition) is 2. The Morgan fingerprint density at radius 1 is 1.48 bits per heavy atom. The van der Waals surface area contributed by atoms with Gasteiger partial charge in [-0.1, -0.05) is 0 Å². The zero-order valence-corrected chi connectivity index (χ0v) is 12.9. The molecule has 1 aromatic carbocycles. The zero-order valence-electron chi connectivity index (χ0n) is 11.3. The van der Waals surface area contributed by atoms with E-state index in [4.69, 9.17) is 16.6 Å². The van der Waals surface area contributed by atoms with Gasteiger partial charge in [-0.2, -0.15) is 0 Å². The Bertz CT molecular complexity index is 881. The highest BCUT2D eigenvalue weighted by Crippen LogP contribution is 2.24. The number of oxazole rings is 1. The molecule has 8 heteroatoms. The van der Waals surface area contributed by atoms with Crippen LogP contribution in [-0.4, -0.2) is 36.4 Å². The predicted molar refractivity (Wildman–Crippen MR) is 80.5 cm³/mol. The third-order valence-electron chi connectivity index (χ3n) is 3.60. The van der Waals surface area contributed by atoms with Gasteiger partial charge in [-0.05, 0) is 43.8 Å². The van der Waals surface area contributed by atoms with E-state index in [0.29, 0.717) is 23.1 Å². The first-order valence-electron chi connectivity index (χ1n) is 6.42. The van der Waals surface area contributed by atoms with Crippen molar-refractivity contribution in [1.29, 1.82) is 0 Å². The molecule has 2 aromatic rings. The first-order chi connectivity index (χ1) is 9.76. The van der Waals surface area contributed by atoms with Gasteiger partial charge in [0, 0.05) is 5.56 Å². The molecule has 0 aliphatic carbocycles. The van der Waals surface area contributed by atoms with E-state index in [1.165, 1.54) is 0 Å². The standard InChI is InChI=1S/C13H14N2O4S2/c1-13(4-5-21(17,18)7-13)15-11(16)8-2-3-9-10(6-8)19-12(20)14-9/h2-3,6H,4-5,7H2,1H3,(H,14,20)(H,15,16)/t13-/m1/s1. The first-order valence-corrected chi connectivity index (χ1v) is 8.65. The lowest BCUT2D eigenvalue weighted by molar-refractivity contribution is 0.0915. The molecule has 112 valence electrons. The van der Waals surface area contributed by atoms with Crippen molar-refractivity contribution < 1.29 is 17.6 Å². The SMILES string of the molecule is C[C@@]1(NC(=O)c2ccc3[nH]c(=S)oc3c2)CCS(=O)(=O)C1. The second kappa shape index (κ2) is 4.67. The molecule has 3 rings (SSSR count). The van der Waals surface area contributed by atoms with Crippen LogP contribution < -0.4 is 5.32 Å². The van der Waals surface area contributed by atoms with Gasteiger partial charge >= 0.3 is 0 Å². The summed E-state index contributed by atoms with van der Waals surface area (Å²) in [6.45, 7) is 1.75. The molecule has 2 N–H and O–H groups in total. The van der Waals surface area contributed by atoms with Crippen molar-refractivity contribution in [3.8, 4) is 0 Å². The highest BCUT2D eigenvalue weighted by molar-refractivity contribution is 7.91. The fourth-order valence-corrected chi connectivity index (χ4v) is 4.83. The summed E-state index contributed by atoms with van der Waals surface area (Å²) in [7, 11) is -3.07. The van der Waals surface area contributed by atoms with Crippen LogP contribution in [0.5, 0.6) is 0 Å². The molecule has 0 radical (unpaired) electrons. The van der Waals surface area contributed by atoms with E-state index in [9.17, 15) is 13.2 Å². The molecule has 1 atom stereocenters. The molecule has 2 heterocycles. The Hall–Kier alpha value is -1.67. The number of H-pyrrole nitrogens is 1. The summed E-state index contributed by atoms with van der Waals surface area (Å²) >= 11 is 4.89. The summed E-state index contributed by atoms with van der Waals surface area (Å²) in [6.07, 6.45) is 0.425. The second-order valence-corrected chi connectivity index (χ2v) is 8.14. The summed E-state index contributed by atoms with van der Waals surface area (Å²) in [5.41, 5.74) is 0.900. The van der Waals surface area contributed by atoms with Crippen molar-refractivity contribution in [3.05, 3.63) is 28.6 Å². The van der Waals surface area contributed by atoms with Crippen LogP contribution in [0.3, 0.4) is 0 Å². The van der Waals surface area contributed by atoms with E-state index in [0.717, 1.165) is 0 Å². The number of benzene rings is 1. The third kappa shape index (κ3) is 2.86. The van der Waals surface area contributed by atoms with E-state index in [1.54, 1.807) is 25.1 Å². The van der Waals surface area contributed by atoms with Crippen molar-refractivity contribution in [2.24, 2.45) is 0 Å². The number of aromatic amines is 1. The lowest BCUT2D eigenvalue weighted by Crippen LogP contribution is -2.46. The Balaban J connectivity index is 1.85. The Morgan fingerprint density at radius 3 is 2.90 bits per heavy atom. The number of rotatable bonds is 2. The molecule has 1 fully saturated rings. The van der Waals surface area contributed by atoms with Gasteiger partial charge in [-0.3, -0.25) is 4.79 Å². The highest BCUT2D eigenvalue weighted by atomic mass is 32.2. The van der Waals surface area contributed by atoms with Gasteiger partial charge in [0.15, 0.2) is 15.4 Å². The maximum Gasteiger partial charge on any atom is 0.266 e. The number of nitrogens with one attached hydrogen (secondary N) is 2. The van der Waals surface area contributed by atoms with Crippen molar-refractivity contribution in [3.63, 3.8) is 0 Å². The molecule has 1 aliphatic heterocycles. The average molecular weight is 326 g/mol. The van der Waals surface area contributed by atoms with E-state index in [2.05, 4.69) is 10.3 Å². The van der Waals surface area contributed by atoms with Crippen LogP contribution in [0.15, 0.2) is 22.6 Å². The monoisotopic (exact) mass is 326 g/mol. The molecule has 0 unspecified atom stereocenters. The summed E-state index contributed by atoms with van der Waals surface area (Å²) in [6, 6.07) is 4.94. The van der Waals surface area contributed by atoms with E-state index in [1.807, 2.05) is 0 Å². The largest absolute Gasteiger partial charge is 0.429 e. The fraction of sp³-hybridized carbons (Fsp3) is 0.385. The lowest BCUT2D eigenvalue weighted by atomic mass is 10.0. The van der Waals surface area contributed by atoms with Crippen LogP contribution in [-0.2, 0) is 9.84 Å². The number of aromatic nitrogens is 1. The summed E-state index contributed by atoms with van der Waals surface area (Å²) < 4.78 is 28.4.